The summed E-state index contributed by atoms with van der Waals surface area (Å²) in [7, 11) is 0. The number of anilines is 1. The lowest BCUT2D eigenvalue weighted by atomic mass is 10.0. The average Bonchev–Trinajstić information content (AvgIpc) is 2.69. The zero-order valence-electron chi connectivity index (χ0n) is 10.4. The van der Waals surface area contributed by atoms with Gasteiger partial charge in [-0.3, -0.25) is 4.98 Å². The molecular weight excluding hydrogens is 259 g/mol. The third-order valence-corrected chi connectivity index (χ3v) is 3.18. The Morgan fingerprint density at radius 3 is 2.68 bits per heavy atom. The summed E-state index contributed by atoms with van der Waals surface area (Å²) in [6, 6.07) is -0.777. The zero-order chi connectivity index (χ0) is 14.2. The highest BCUT2D eigenvalue weighted by atomic mass is 19.4. The molecule has 0 spiro atoms. The molecule has 2 amide bonds. The molecule has 0 saturated heterocycles. The van der Waals surface area contributed by atoms with Crippen molar-refractivity contribution >= 4 is 11.7 Å². The minimum Gasteiger partial charge on any atom is -0.351 e. The summed E-state index contributed by atoms with van der Waals surface area (Å²) >= 11 is 0. The molecule has 4 nitrogen and oxygen atoms in total. The fourth-order valence-electron chi connectivity index (χ4n) is 2.39. The van der Waals surface area contributed by atoms with Gasteiger partial charge in [0.15, 0.2) is 0 Å². The molecule has 0 aliphatic heterocycles. The first-order valence-electron chi connectivity index (χ1n) is 5.92. The van der Waals surface area contributed by atoms with Gasteiger partial charge in [0.2, 0.25) is 0 Å². The standard InChI is InChI=1S/C12H14F3N3O/c1-6-9(5-12(13,14)15)17-8-4-2-3-7(8)10(6)18-11(16)19/h2-5H2,1H3,(H3,16,17,18,19). The number of primary amides is 1. The first-order chi connectivity index (χ1) is 8.78. The number of amides is 2. The molecule has 3 N–H and O–H groups in total. The van der Waals surface area contributed by atoms with Gasteiger partial charge in [0.25, 0.3) is 0 Å². The highest BCUT2D eigenvalue weighted by molar-refractivity contribution is 5.90. The predicted molar refractivity (Wildman–Crippen MR) is 64.0 cm³/mol. The van der Waals surface area contributed by atoms with E-state index in [9.17, 15) is 18.0 Å². The Hall–Kier alpha value is -1.79. The number of halogens is 3. The number of hydrogen-bond acceptors (Lipinski definition) is 2. The van der Waals surface area contributed by atoms with Crippen LogP contribution >= 0.6 is 0 Å². The molecular formula is C12H14F3N3O. The second-order valence-corrected chi connectivity index (χ2v) is 4.62. The fourth-order valence-corrected chi connectivity index (χ4v) is 2.39. The Labute approximate surface area is 108 Å². The molecule has 1 aromatic heterocycles. The van der Waals surface area contributed by atoms with Crippen LogP contribution in [0.1, 0.15) is 28.9 Å². The van der Waals surface area contributed by atoms with Crippen molar-refractivity contribution in [1.29, 1.82) is 0 Å². The quantitative estimate of drug-likeness (QED) is 0.869. The number of aromatic nitrogens is 1. The maximum Gasteiger partial charge on any atom is 0.394 e. The third-order valence-electron chi connectivity index (χ3n) is 3.18. The summed E-state index contributed by atoms with van der Waals surface area (Å²) in [6.45, 7) is 1.53. The normalized spacial score (nSPS) is 14.3. The van der Waals surface area contributed by atoms with E-state index in [2.05, 4.69) is 10.3 Å². The average molecular weight is 273 g/mol. The number of pyridine rings is 1. The molecule has 0 fully saturated rings. The zero-order valence-corrected chi connectivity index (χ0v) is 10.4. The number of carbonyl (C=O) groups excluding carboxylic acids is 1. The second kappa shape index (κ2) is 4.71. The van der Waals surface area contributed by atoms with E-state index in [1.54, 1.807) is 0 Å². The Bertz CT molecular complexity index is 526. The molecule has 0 radical (unpaired) electrons. The fraction of sp³-hybridized carbons (Fsp3) is 0.500. The van der Waals surface area contributed by atoms with E-state index in [4.69, 9.17) is 5.73 Å². The number of urea groups is 1. The van der Waals surface area contributed by atoms with Gasteiger partial charge < -0.3 is 11.1 Å². The van der Waals surface area contributed by atoms with E-state index in [-0.39, 0.29) is 5.69 Å². The Kier molecular flexibility index (Phi) is 3.38. The van der Waals surface area contributed by atoms with Gasteiger partial charge in [-0.15, -0.1) is 0 Å². The first kappa shape index (κ1) is 13.6. The molecule has 0 bridgehead atoms. The largest absolute Gasteiger partial charge is 0.394 e. The highest BCUT2D eigenvalue weighted by Gasteiger charge is 2.31. The summed E-state index contributed by atoms with van der Waals surface area (Å²) in [5.74, 6) is 0. The van der Waals surface area contributed by atoms with E-state index in [1.165, 1.54) is 6.92 Å². The van der Waals surface area contributed by atoms with E-state index in [1.807, 2.05) is 0 Å². The molecule has 0 aromatic carbocycles. The lowest BCUT2D eigenvalue weighted by Crippen LogP contribution is -2.23. The molecule has 0 atom stereocenters. The summed E-state index contributed by atoms with van der Waals surface area (Å²) in [6.07, 6.45) is -3.27. The second-order valence-electron chi connectivity index (χ2n) is 4.62. The van der Waals surface area contributed by atoms with Gasteiger partial charge in [-0.25, -0.2) is 4.79 Å². The van der Waals surface area contributed by atoms with Crippen LogP contribution in [-0.4, -0.2) is 17.2 Å². The SMILES string of the molecule is Cc1c(CC(F)(F)F)nc2c(c1NC(N)=O)CCC2. The van der Waals surface area contributed by atoms with Crippen LogP contribution in [0, 0.1) is 6.92 Å². The summed E-state index contributed by atoms with van der Waals surface area (Å²) < 4.78 is 37.5. The van der Waals surface area contributed by atoms with Crippen LogP contribution in [0.3, 0.4) is 0 Å². The van der Waals surface area contributed by atoms with Gasteiger partial charge in [0.05, 0.1) is 17.8 Å². The minimum atomic E-state index is -4.32. The van der Waals surface area contributed by atoms with Gasteiger partial charge in [0.1, 0.15) is 0 Å². The smallest absolute Gasteiger partial charge is 0.351 e. The number of fused-ring (bicyclic) bond motifs is 1. The summed E-state index contributed by atoms with van der Waals surface area (Å²) in [4.78, 5) is 15.1. The number of nitrogens with zero attached hydrogens (tertiary/aromatic N) is 1. The van der Waals surface area contributed by atoms with Crippen molar-refractivity contribution in [1.82, 2.24) is 4.98 Å². The molecule has 1 aromatic rings. The Balaban J connectivity index is 2.49. The molecule has 104 valence electrons. The molecule has 19 heavy (non-hydrogen) atoms. The van der Waals surface area contributed by atoms with Gasteiger partial charge in [0, 0.05) is 5.69 Å². The molecule has 0 saturated carbocycles. The highest BCUT2D eigenvalue weighted by Crippen LogP contribution is 2.34. The van der Waals surface area contributed by atoms with Gasteiger partial charge in [-0.2, -0.15) is 13.2 Å². The van der Waals surface area contributed by atoms with Gasteiger partial charge in [-0.1, -0.05) is 0 Å². The van der Waals surface area contributed by atoms with Crippen LogP contribution < -0.4 is 11.1 Å². The van der Waals surface area contributed by atoms with E-state index < -0.39 is 18.6 Å². The monoisotopic (exact) mass is 273 g/mol. The number of aryl methyl sites for hydroxylation is 1. The summed E-state index contributed by atoms with van der Waals surface area (Å²) in [5, 5.41) is 2.43. The van der Waals surface area contributed by atoms with Crippen molar-refractivity contribution in [2.75, 3.05) is 5.32 Å². The van der Waals surface area contributed by atoms with Crippen molar-refractivity contribution in [2.45, 2.75) is 38.8 Å². The predicted octanol–water partition coefficient (Wildman–Crippen LogP) is 2.47. The molecule has 2 rings (SSSR count). The van der Waals surface area contributed by atoms with Gasteiger partial charge in [-0.05, 0) is 37.3 Å². The van der Waals surface area contributed by atoms with Crippen molar-refractivity contribution in [3.05, 3.63) is 22.5 Å². The molecule has 1 heterocycles. The number of carbonyl (C=O) groups is 1. The van der Waals surface area contributed by atoms with Crippen LogP contribution in [0.4, 0.5) is 23.7 Å². The number of nitrogens with one attached hydrogen (secondary N) is 1. The molecule has 1 aliphatic carbocycles. The maximum atomic E-state index is 12.5. The number of nitrogens with two attached hydrogens (primary N) is 1. The number of hydrogen-bond donors (Lipinski definition) is 2. The first-order valence-corrected chi connectivity index (χ1v) is 5.92. The van der Waals surface area contributed by atoms with E-state index in [0.29, 0.717) is 29.8 Å². The van der Waals surface area contributed by atoms with Crippen molar-refractivity contribution in [3.8, 4) is 0 Å². The number of rotatable bonds is 2. The van der Waals surface area contributed by atoms with Crippen molar-refractivity contribution in [2.24, 2.45) is 5.73 Å². The summed E-state index contributed by atoms with van der Waals surface area (Å²) in [5.41, 5.74) is 7.21. The van der Waals surface area contributed by atoms with E-state index in [0.717, 1.165) is 12.0 Å². The van der Waals surface area contributed by atoms with Crippen LogP contribution in [0.2, 0.25) is 0 Å². The van der Waals surface area contributed by atoms with Crippen LogP contribution in [0.15, 0.2) is 0 Å². The topological polar surface area (TPSA) is 68.0 Å². The molecule has 7 heteroatoms. The lowest BCUT2D eigenvalue weighted by molar-refractivity contribution is -0.127. The van der Waals surface area contributed by atoms with Crippen molar-refractivity contribution in [3.63, 3.8) is 0 Å². The van der Waals surface area contributed by atoms with Gasteiger partial charge >= 0.3 is 12.2 Å². The third kappa shape index (κ3) is 2.97. The Morgan fingerprint density at radius 1 is 1.42 bits per heavy atom. The van der Waals surface area contributed by atoms with Crippen LogP contribution in [0.25, 0.3) is 0 Å². The minimum absolute atomic E-state index is 0.0445. The molecule has 1 aliphatic rings. The number of alkyl halides is 3. The maximum absolute atomic E-state index is 12.5. The Morgan fingerprint density at radius 2 is 2.11 bits per heavy atom. The lowest BCUT2D eigenvalue weighted by Gasteiger charge is -2.16. The van der Waals surface area contributed by atoms with Crippen molar-refractivity contribution < 1.29 is 18.0 Å². The van der Waals surface area contributed by atoms with E-state index >= 15 is 0 Å². The van der Waals surface area contributed by atoms with Crippen LogP contribution in [-0.2, 0) is 19.3 Å². The van der Waals surface area contributed by atoms with Crippen LogP contribution in [0.5, 0.6) is 0 Å². The molecule has 0 unspecified atom stereocenters.